The van der Waals surface area contributed by atoms with Crippen molar-refractivity contribution < 1.29 is 4.79 Å². The molecule has 1 aromatic rings. The third kappa shape index (κ3) is 3.19. The Balaban J connectivity index is 2.22. The molecule has 2 heteroatoms. The first kappa shape index (κ1) is 11.9. The molecule has 1 aromatic carbocycles. The topological polar surface area (TPSA) is 20.3 Å². The standard InChI is InChI=1S/C15H19NO/c1-13(17)15(16-10-6-3-7-11-16)12-14-8-4-2-5-9-14/h2,4-5,8-9,12H,3,6-7,10-11H2,1H3. The van der Waals surface area contributed by atoms with Gasteiger partial charge in [-0.1, -0.05) is 30.3 Å². The lowest BCUT2D eigenvalue weighted by Crippen LogP contribution is -2.31. The quantitative estimate of drug-likeness (QED) is 0.742. The minimum Gasteiger partial charge on any atom is -0.369 e. The van der Waals surface area contributed by atoms with Crippen LogP contribution < -0.4 is 0 Å². The molecule has 2 nitrogen and oxygen atoms in total. The SMILES string of the molecule is CC(=O)C(=Cc1ccccc1)N1CCCCC1. The number of hydrogen-bond donors (Lipinski definition) is 0. The third-order valence-electron chi connectivity index (χ3n) is 3.16. The van der Waals surface area contributed by atoms with E-state index in [2.05, 4.69) is 4.90 Å². The number of piperidine rings is 1. The summed E-state index contributed by atoms with van der Waals surface area (Å²) in [5.74, 6) is 0.163. The molecule has 0 unspecified atom stereocenters. The van der Waals surface area contributed by atoms with Gasteiger partial charge in [0, 0.05) is 20.0 Å². The predicted octanol–water partition coefficient (Wildman–Crippen LogP) is 3.10. The summed E-state index contributed by atoms with van der Waals surface area (Å²) in [7, 11) is 0. The highest BCUT2D eigenvalue weighted by atomic mass is 16.1. The van der Waals surface area contributed by atoms with Gasteiger partial charge in [-0.25, -0.2) is 0 Å². The zero-order valence-corrected chi connectivity index (χ0v) is 10.4. The van der Waals surface area contributed by atoms with Crippen molar-refractivity contribution in [2.24, 2.45) is 0 Å². The number of Topliss-reactive ketones (excluding diaryl/α,β-unsaturated/α-hetero) is 1. The summed E-state index contributed by atoms with van der Waals surface area (Å²) < 4.78 is 0. The zero-order chi connectivity index (χ0) is 12.1. The molecule has 0 amide bonds. The van der Waals surface area contributed by atoms with Gasteiger partial charge in [-0.2, -0.15) is 0 Å². The fourth-order valence-corrected chi connectivity index (χ4v) is 2.26. The fraction of sp³-hybridized carbons (Fsp3) is 0.400. The monoisotopic (exact) mass is 229 g/mol. The van der Waals surface area contributed by atoms with E-state index in [4.69, 9.17) is 0 Å². The van der Waals surface area contributed by atoms with Crippen LogP contribution in [0.25, 0.3) is 6.08 Å². The van der Waals surface area contributed by atoms with Gasteiger partial charge in [0.2, 0.25) is 0 Å². The Morgan fingerprint density at radius 1 is 1.12 bits per heavy atom. The smallest absolute Gasteiger partial charge is 0.175 e. The third-order valence-corrected chi connectivity index (χ3v) is 3.16. The summed E-state index contributed by atoms with van der Waals surface area (Å²) in [6.45, 7) is 3.68. The Morgan fingerprint density at radius 2 is 1.76 bits per heavy atom. The van der Waals surface area contributed by atoms with Gasteiger partial charge >= 0.3 is 0 Å². The van der Waals surface area contributed by atoms with Gasteiger partial charge in [-0.05, 0) is 30.9 Å². The number of nitrogens with zero attached hydrogens (tertiary/aromatic N) is 1. The largest absolute Gasteiger partial charge is 0.369 e. The molecule has 1 saturated heterocycles. The Labute approximate surface area is 103 Å². The number of carbonyl (C=O) groups is 1. The average Bonchev–Trinajstić information content (AvgIpc) is 2.38. The molecule has 0 saturated carbocycles. The zero-order valence-electron chi connectivity index (χ0n) is 10.4. The number of carbonyl (C=O) groups excluding carboxylic acids is 1. The van der Waals surface area contributed by atoms with Crippen molar-refractivity contribution in [2.45, 2.75) is 26.2 Å². The maximum atomic E-state index is 11.7. The second-order valence-electron chi connectivity index (χ2n) is 4.54. The number of benzene rings is 1. The van der Waals surface area contributed by atoms with Gasteiger partial charge in [-0.3, -0.25) is 4.79 Å². The molecule has 0 radical (unpaired) electrons. The van der Waals surface area contributed by atoms with Crippen LogP contribution in [0.2, 0.25) is 0 Å². The van der Waals surface area contributed by atoms with Crippen LogP contribution in [0, 0.1) is 0 Å². The maximum Gasteiger partial charge on any atom is 0.175 e. The molecule has 1 heterocycles. The Morgan fingerprint density at radius 3 is 2.35 bits per heavy atom. The highest BCUT2D eigenvalue weighted by Gasteiger charge is 2.16. The molecule has 2 rings (SSSR count). The first-order chi connectivity index (χ1) is 8.27. The molecule has 0 aliphatic carbocycles. The molecule has 0 bridgehead atoms. The Bertz CT molecular complexity index is 402. The van der Waals surface area contributed by atoms with Crippen LogP contribution in [0.3, 0.4) is 0 Å². The van der Waals surface area contributed by atoms with Crippen LogP contribution >= 0.6 is 0 Å². The van der Waals surface area contributed by atoms with Crippen molar-refractivity contribution in [3.63, 3.8) is 0 Å². The highest BCUT2D eigenvalue weighted by Crippen LogP contribution is 2.18. The van der Waals surface area contributed by atoms with Crippen LogP contribution in [0.5, 0.6) is 0 Å². The predicted molar refractivity (Wildman–Crippen MR) is 70.5 cm³/mol. The van der Waals surface area contributed by atoms with E-state index in [1.165, 1.54) is 19.3 Å². The van der Waals surface area contributed by atoms with E-state index in [0.29, 0.717) is 0 Å². The van der Waals surface area contributed by atoms with Crippen LogP contribution in [-0.2, 0) is 4.79 Å². The van der Waals surface area contributed by atoms with E-state index in [1.54, 1.807) is 6.92 Å². The van der Waals surface area contributed by atoms with E-state index < -0.39 is 0 Å². The molecule has 1 aliphatic heterocycles. The average molecular weight is 229 g/mol. The van der Waals surface area contributed by atoms with E-state index >= 15 is 0 Å². The van der Waals surface area contributed by atoms with Crippen molar-refractivity contribution in [3.05, 3.63) is 41.6 Å². The second kappa shape index (κ2) is 5.67. The number of ketones is 1. The number of likely N-dealkylation sites (tertiary alicyclic amines) is 1. The summed E-state index contributed by atoms with van der Waals surface area (Å²) in [5, 5.41) is 0. The molecule has 0 aromatic heterocycles. The molecule has 90 valence electrons. The summed E-state index contributed by atoms with van der Waals surface area (Å²) in [6.07, 6.45) is 5.68. The molecule has 17 heavy (non-hydrogen) atoms. The van der Waals surface area contributed by atoms with Crippen LogP contribution in [-0.4, -0.2) is 23.8 Å². The molecular formula is C15H19NO. The van der Waals surface area contributed by atoms with Crippen LogP contribution in [0.15, 0.2) is 36.0 Å². The van der Waals surface area contributed by atoms with Crippen molar-refractivity contribution in [1.82, 2.24) is 4.90 Å². The number of rotatable bonds is 3. The highest BCUT2D eigenvalue weighted by molar-refractivity contribution is 5.97. The van der Waals surface area contributed by atoms with Gasteiger partial charge in [0.1, 0.15) is 0 Å². The lowest BCUT2D eigenvalue weighted by atomic mass is 10.1. The summed E-state index contributed by atoms with van der Waals surface area (Å²) in [4.78, 5) is 14.0. The van der Waals surface area contributed by atoms with Gasteiger partial charge < -0.3 is 4.90 Å². The minimum atomic E-state index is 0.163. The molecule has 0 N–H and O–H groups in total. The summed E-state index contributed by atoms with van der Waals surface area (Å²) >= 11 is 0. The lowest BCUT2D eigenvalue weighted by Gasteiger charge is -2.29. The molecular weight excluding hydrogens is 210 g/mol. The fourth-order valence-electron chi connectivity index (χ4n) is 2.26. The summed E-state index contributed by atoms with van der Waals surface area (Å²) in [6, 6.07) is 10.1. The lowest BCUT2D eigenvalue weighted by molar-refractivity contribution is -0.115. The molecule has 1 aliphatic rings. The minimum absolute atomic E-state index is 0.163. The van der Waals surface area contributed by atoms with Crippen molar-refractivity contribution in [2.75, 3.05) is 13.1 Å². The normalized spacial score (nSPS) is 17.0. The molecule has 0 atom stereocenters. The van der Waals surface area contributed by atoms with E-state index in [9.17, 15) is 4.79 Å². The van der Waals surface area contributed by atoms with Crippen LogP contribution in [0.1, 0.15) is 31.7 Å². The van der Waals surface area contributed by atoms with Gasteiger partial charge in [0.25, 0.3) is 0 Å². The molecule has 0 spiro atoms. The maximum absolute atomic E-state index is 11.7. The van der Waals surface area contributed by atoms with Gasteiger partial charge in [0.05, 0.1) is 5.70 Å². The van der Waals surface area contributed by atoms with Gasteiger partial charge in [0.15, 0.2) is 5.78 Å². The number of allylic oxidation sites excluding steroid dienone is 1. The van der Waals surface area contributed by atoms with Gasteiger partial charge in [-0.15, -0.1) is 0 Å². The Hall–Kier alpha value is -1.57. The Kier molecular flexibility index (Phi) is 3.97. The first-order valence-electron chi connectivity index (χ1n) is 6.30. The van der Waals surface area contributed by atoms with Crippen molar-refractivity contribution in [1.29, 1.82) is 0 Å². The van der Waals surface area contributed by atoms with Crippen molar-refractivity contribution >= 4 is 11.9 Å². The van der Waals surface area contributed by atoms with E-state index in [1.807, 2.05) is 36.4 Å². The summed E-state index contributed by atoms with van der Waals surface area (Å²) in [5.41, 5.74) is 1.96. The number of hydrogen-bond acceptors (Lipinski definition) is 2. The van der Waals surface area contributed by atoms with E-state index in [-0.39, 0.29) is 5.78 Å². The second-order valence-corrected chi connectivity index (χ2v) is 4.54. The molecule has 1 fully saturated rings. The van der Waals surface area contributed by atoms with Crippen molar-refractivity contribution in [3.8, 4) is 0 Å². The first-order valence-corrected chi connectivity index (χ1v) is 6.30. The van der Waals surface area contributed by atoms with E-state index in [0.717, 1.165) is 24.4 Å². The van der Waals surface area contributed by atoms with Crippen LogP contribution in [0.4, 0.5) is 0 Å².